The third-order valence-corrected chi connectivity index (χ3v) is 7.42. The van der Waals surface area contributed by atoms with Gasteiger partial charge in [0.05, 0.1) is 23.6 Å². The molecule has 2 aromatic rings. The van der Waals surface area contributed by atoms with Crippen molar-refractivity contribution in [2.45, 2.75) is 88.0 Å². The molecule has 33 heavy (non-hydrogen) atoms. The van der Waals surface area contributed by atoms with Gasteiger partial charge in [0.15, 0.2) is 15.7 Å². The van der Waals surface area contributed by atoms with E-state index in [2.05, 4.69) is 33.9 Å². The van der Waals surface area contributed by atoms with Gasteiger partial charge in [0, 0.05) is 37.5 Å². The summed E-state index contributed by atoms with van der Waals surface area (Å²) >= 11 is 0. The van der Waals surface area contributed by atoms with E-state index in [9.17, 15) is 8.42 Å². The zero-order valence-corrected chi connectivity index (χ0v) is 20.5. The molecule has 0 aromatic carbocycles. The van der Waals surface area contributed by atoms with Crippen LogP contribution in [-0.4, -0.2) is 66.1 Å². The van der Waals surface area contributed by atoms with Gasteiger partial charge in [-0.25, -0.2) is 13.4 Å². The number of pyridine rings is 1. The molecule has 9 nitrogen and oxygen atoms in total. The molecular weight excluding hydrogens is 444 g/mol. The number of hydrogen-bond donors (Lipinski definition) is 0. The summed E-state index contributed by atoms with van der Waals surface area (Å²) in [4.78, 5) is 11.2. The molecule has 0 atom stereocenters. The molecule has 1 aliphatic heterocycles. The van der Waals surface area contributed by atoms with Crippen molar-refractivity contribution in [2.75, 3.05) is 19.3 Å². The monoisotopic (exact) mass is 478 g/mol. The lowest BCUT2D eigenvalue weighted by atomic mass is 9.94. The first-order chi connectivity index (χ1) is 15.8. The van der Waals surface area contributed by atoms with Crippen LogP contribution < -0.4 is 4.74 Å². The largest absolute Gasteiger partial charge is 0.474 e. The molecule has 10 heteroatoms. The van der Waals surface area contributed by atoms with E-state index in [1.165, 1.54) is 12.5 Å². The Bertz CT molecular complexity index is 992. The number of sulfone groups is 1. The van der Waals surface area contributed by atoms with Gasteiger partial charge in [0.1, 0.15) is 6.10 Å². The number of piperidine rings is 1. The van der Waals surface area contributed by atoms with E-state index in [1.807, 2.05) is 0 Å². The minimum absolute atomic E-state index is 0.0911. The fourth-order valence-corrected chi connectivity index (χ4v) is 4.91. The minimum Gasteiger partial charge on any atom is -0.474 e. The van der Waals surface area contributed by atoms with Crippen molar-refractivity contribution in [3.63, 3.8) is 0 Å². The maximum Gasteiger partial charge on any atom is 0.240 e. The smallest absolute Gasteiger partial charge is 0.240 e. The number of hydrogen-bond acceptors (Lipinski definition) is 9. The summed E-state index contributed by atoms with van der Waals surface area (Å²) in [6.45, 7) is 6.77. The van der Waals surface area contributed by atoms with Gasteiger partial charge >= 0.3 is 0 Å². The molecule has 1 aliphatic carbocycles. The van der Waals surface area contributed by atoms with Gasteiger partial charge in [-0.2, -0.15) is 4.98 Å². The fraction of sp³-hybridized carbons (Fsp3) is 0.696. The number of ether oxygens (including phenoxy) is 2. The predicted octanol–water partition coefficient (Wildman–Crippen LogP) is 3.36. The zero-order chi connectivity index (χ0) is 23.4. The Kier molecular flexibility index (Phi) is 7.65. The van der Waals surface area contributed by atoms with E-state index < -0.39 is 9.84 Å². The topological polar surface area (TPSA) is 108 Å². The van der Waals surface area contributed by atoms with Gasteiger partial charge in [-0.1, -0.05) is 19.0 Å². The van der Waals surface area contributed by atoms with Crippen molar-refractivity contribution in [2.24, 2.45) is 0 Å². The maximum absolute atomic E-state index is 11.6. The van der Waals surface area contributed by atoms with Crippen LogP contribution >= 0.6 is 0 Å². The van der Waals surface area contributed by atoms with E-state index in [-0.39, 0.29) is 23.0 Å². The van der Waals surface area contributed by atoms with E-state index in [4.69, 9.17) is 14.0 Å². The fourth-order valence-electron chi connectivity index (χ4n) is 4.35. The molecule has 0 spiro atoms. The second-order valence-corrected chi connectivity index (χ2v) is 11.4. The van der Waals surface area contributed by atoms with Crippen molar-refractivity contribution >= 4 is 9.84 Å². The third-order valence-electron chi connectivity index (χ3n) is 6.32. The highest BCUT2D eigenvalue weighted by Gasteiger charge is 2.28. The highest BCUT2D eigenvalue weighted by molar-refractivity contribution is 7.90. The van der Waals surface area contributed by atoms with Crippen LogP contribution in [-0.2, 0) is 21.1 Å². The van der Waals surface area contributed by atoms with E-state index >= 15 is 0 Å². The molecule has 0 bridgehead atoms. The van der Waals surface area contributed by atoms with Crippen molar-refractivity contribution in [1.29, 1.82) is 0 Å². The Morgan fingerprint density at radius 1 is 1.06 bits per heavy atom. The summed E-state index contributed by atoms with van der Waals surface area (Å²) in [7, 11) is -3.24. The zero-order valence-electron chi connectivity index (χ0n) is 19.6. The second-order valence-electron chi connectivity index (χ2n) is 9.43. The first-order valence-electron chi connectivity index (χ1n) is 11.8. The summed E-state index contributed by atoms with van der Waals surface area (Å²) in [5.74, 6) is 2.21. The molecule has 4 rings (SSSR count). The van der Waals surface area contributed by atoms with Crippen LogP contribution in [0.5, 0.6) is 5.88 Å². The number of rotatable bonds is 8. The van der Waals surface area contributed by atoms with Gasteiger partial charge in [-0.05, 0) is 44.6 Å². The molecule has 0 N–H and O–H groups in total. The molecule has 3 heterocycles. The summed E-state index contributed by atoms with van der Waals surface area (Å²) in [5, 5.41) is 4.04. The molecule has 1 saturated carbocycles. The van der Waals surface area contributed by atoms with Gasteiger partial charge in [0.25, 0.3) is 0 Å². The van der Waals surface area contributed by atoms with Gasteiger partial charge in [-0.3, -0.25) is 4.90 Å². The molecular formula is C23H34N4O5S. The lowest BCUT2D eigenvalue weighted by molar-refractivity contribution is -0.0679. The van der Waals surface area contributed by atoms with Crippen LogP contribution in [0.25, 0.3) is 0 Å². The minimum atomic E-state index is -3.24. The van der Waals surface area contributed by atoms with Gasteiger partial charge in [0.2, 0.25) is 11.8 Å². The molecule has 2 fully saturated rings. The predicted molar refractivity (Wildman–Crippen MR) is 122 cm³/mol. The van der Waals surface area contributed by atoms with E-state index in [0.717, 1.165) is 57.4 Å². The Balaban J connectivity index is 1.15. The molecule has 0 radical (unpaired) electrons. The summed E-state index contributed by atoms with van der Waals surface area (Å²) in [5.41, 5.74) is 0. The average Bonchev–Trinajstić information content (AvgIpc) is 3.25. The van der Waals surface area contributed by atoms with E-state index in [0.29, 0.717) is 24.4 Å². The summed E-state index contributed by atoms with van der Waals surface area (Å²) in [6.07, 6.45) is 8.96. The second kappa shape index (κ2) is 10.5. The molecule has 2 aromatic heterocycles. The Morgan fingerprint density at radius 3 is 2.30 bits per heavy atom. The maximum atomic E-state index is 11.6. The van der Waals surface area contributed by atoms with Crippen molar-refractivity contribution in [3.8, 4) is 5.88 Å². The normalized spacial score (nSPS) is 23.2. The lowest BCUT2D eigenvalue weighted by Gasteiger charge is -2.35. The van der Waals surface area contributed by atoms with Gasteiger partial charge < -0.3 is 14.0 Å². The van der Waals surface area contributed by atoms with Crippen molar-refractivity contribution < 1.29 is 22.4 Å². The quantitative estimate of drug-likeness (QED) is 0.564. The SMILES string of the molecule is CC(C)c1noc(CN2CCC(O[C@H]3CC[C@H](Oc4ccc(S(C)(=O)=O)cn4)CC3)CC2)n1. The first kappa shape index (κ1) is 24.1. The molecule has 0 amide bonds. The summed E-state index contributed by atoms with van der Waals surface area (Å²) in [6, 6.07) is 3.17. The number of nitrogens with zero attached hydrogens (tertiary/aromatic N) is 4. The Labute approximate surface area is 195 Å². The Hall–Kier alpha value is -2.04. The molecule has 1 saturated heterocycles. The average molecular weight is 479 g/mol. The number of likely N-dealkylation sites (tertiary alicyclic amines) is 1. The molecule has 182 valence electrons. The Morgan fingerprint density at radius 2 is 1.73 bits per heavy atom. The van der Waals surface area contributed by atoms with Crippen LogP contribution in [0.2, 0.25) is 0 Å². The van der Waals surface area contributed by atoms with Crippen LogP contribution in [0, 0.1) is 0 Å². The van der Waals surface area contributed by atoms with Gasteiger partial charge in [-0.15, -0.1) is 0 Å². The van der Waals surface area contributed by atoms with Crippen LogP contribution in [0.1, 0.15) is 70.0 Å². The van der Waals surface area contributed by atoms with E-state index in [1.54, 1.807) is 12.1 Å². The van der Waals surface area contributed by atoms with Crippen molar-refractivity contribution in [1.82, 2.24) is 20.0 Å². The first-order valence-corrected chi connectivity index (χ1v) is 13.7. The lowest BCUT2D eigenvalue weighted by Crippen LogP contribution is -2.39. The number of aromatic nitrogens is 3. The molecule has 2 aliphatic rings. The third kappa shape index (κ3) is 6.74. The highest BCUT2D eigenvalue weighted by Crippen LogP contribution is 2.28. The van der Waals surface area contributed by atoms with Crippen LogP contribution in [0.15, 0.2) is 27.7 Å². The molecule has 0 unspecified atom stereocenters. The standard InChI is InChI=1S/C23H34N4O5S/c1-16(2)23-25-22(32-26-23)15-27-12-10-19(11-13-27)30-17-4-6-18(7-5-17)31-21-9-8-20(14-24-21)33(3,28)29/h8-9,14,16-19H,4-7,10-13,15H2,1-3H3/t17-,18-. The van der Waals surface area contributed by atoms with Crippen molar-refractivity contribution in [3.05, 3.63) is 30.0 Å². The highest BCUT2D eigenvalue weighted by atomic mass is 32.2. The summed E-state index contributed by atoms with van der Waals surface area (Å²) < 4.78 is 40.8. The van der Waals surface area contributed by atoms with Crippen LogP contribution in [0.4, 0.5) is 0 Å². The van der Waals surface area contributed by atoms with Crippen LogP contribution in [0.3, 0.4) is 0 Å².